The van der Waals surface area contributed by atoms with E-state index in [-0.39, 0.29) is 0 Å². The van der Waals surface area contributed by atoms with Crippen molar-refractivity contribution in [3.8, 4) is 6.07 Å². The van der Waals surface area contributed by atoms with E-state index in [4.69, 9.17) is 0 Å². The number of fused-ring (bicyclic) bond motifs is 1. The predicted molar refractivity (Wildman–Crippen MR) is 70.3 cm³/mol. The van der Waals surface area contributed by atoms with E-state index in [1.54, 1.807) is 6.20 Å². The molecule has 2 saturated heterocycles. The summed E-state index contributed by atoms with van der Waals surface area (Å²) in [7, 11) is 2.19. The summed E-state index contributed by atoms with van der Waals surface area (Å²) in [6.07, 6.45) is 4.19. The Morgan fingerprint density at radius 1 is 1.39 bits per heavy atom. The molecule has 4 nitrogen and oxygen atoms in total. The first-order chi connectivity index (χ1) is 8.79. The average molecular weight is 242 g/mol. The molecule has 0 spiro atoms. The third kappa shape index (κ3) is 1.85. The average Bonchev–Trinajstić information content (AvgIpc) is 2.81. The highest BCUT2D eigenvalue weighted by molar-refractivity contribution is 5.55. The summed E-state index contributed by atoms with van der Waals surface area (Å²) in [4.78, 5) is 9.20. The highest BCUT2D eigenvalue weighted by Gasteiger charge is 2.38. The molecular weight excluding hydrogens is 224 g/mol. The molecule has 0 radical (unpaired) electrons. The Morgan fingerprint density at radius 3 is 3.11 bits per heavy atom. The molecule has 0 aliphatic carbocycles. The van der Waals surface area contributed by atoms with Crippen LogP contribution in [-0.4, -0.2) is 42.6 Å². The lowest BCUT2D eigenvalue weighted by Gasteiger charge is -2.36. The monoisotopic (exact) mass is 242 g/mol. The molecule has 18 heavy (non-hydrogen) atoms. The summed E-state index contributed by atoms with van der Waals surface area (Å²) in [5.41, 5.74) is 0.706. The van der Waals surface area contributed by atoms with E-state index < -0.39 is 0 Å². The molecule has 2 aliphatic heterocycles. The Morgan fingerprint density at radius 2 is 2.28 bits per heavy atom. The molecule has 4 heteroatoms. The molecule has 0 N–H and O–H groups in total. The van der Waals surface area contributed by atoms with Crippen molar-refractivity contribution in [3.63, 3.8) is 0 Å². The van der Waals surface area contributed by atoms with Crippen LogP contribution in [-0.2, 0) is 0 Å². The van der Waals surface area contributed by atoms with Gasteiger partial charge < -0.3 is 9.80 Å². The minimum absolute atomic E-state index is 0.572. The highest BCUT2D eigenvalue weighted by Crippen LogP contribution is 2.34. The van der Waals surface area contributed by atoms with E-state index in [0.29, 0.717) is 11.6 Å². The molecule has 1 aromatic heterocycles. The maximum absolute atomic E-state index is 9.19. The molecule has 0 bridgehead atoms. The van der Waals surface area contributed by atoms with Gasteiger partial charge in [0, 0.05) is 25.3 Å². The Hall–Kier alpha value is -1.60. The number of hydrogen-bond donors (Lipinski definition) is 0. The van der Waals surface area contributed by atoms with Gasteiger partial charge in [-0.3, -0.25) is 0 Å². The van der Waals surface area contributed by atoms with Crippen LogP contribution in [0.25, 0.3) is 0 Å². The first kappa shape index (κ1) is 11.5. The molecule has 1 aromatic rings. The molecule has 2 fully saturated rings. The largest absolute Gasteiger partial charge is 0.352 e. The molecule has 0 aromatic carbocycles. The predicted octanol–water partition coefficient (Wildman–Crippen LogP) is 1.48. The van der Waals surface area contributed by atoms with Crippen molar-refractivity contribution in [2.45, 2.75) is 18.9 Å². The minimum Gasteiger partial charge on any atom is -0.352 e. The molecule has 0 saturated carbocycles. The van der Waals surface area contributed by atoms with Crippen LogP contribution in [0, 0.1) is 17.2 Å². The fourth-order valence-electron chi connectivity index (χ4n) is 3.34. The lowest BCUT2D eigenvalue weighted by Crippen LogP contribution is -2.44. The van der Waals surface area contributed by atoms with Crippen molar-refractivity contribution in [1.82, 2.24) is 9.88 Å². The second kappa shape index (κ2) is 4.58. The number of aromatic nitrogens is 1. The van der Waals surface area contributed by atoms with Crippen molar-refractivity contribution in [2.75, 3.05) is 31.6 Å². The molecule has 0 amide bonds. The third-order valence-electron chi connectivity index (χ3n) is 4.22. The summed E-state index contributed by atoms with van der Waals surface area (Å²) < 4.78 is 0. The number of likely N-dealkylation sites (tertiary alicyclic amines) is 1. The van der Waals surface area contributed by atoms with Crippen LogP contribution in [0.3, 0.4) is 0 Å². The topological polar surface area (TPSA) is 43.2 Å². The van der Waals surface area contributed by atoms with Gasteiger partial charge in [-0.15, -0.1) is 0 Å². The number of hydrogen-bond acceptors (Lipinski definition) is 4. The van der Waals surface area contributed by atoms with Crippen LogP contribution >= 0.6 is 0 Å². The van der Waals surface area contributed by atoms with E-state index in [1.807, 2.05) is 12.1 Å². The van der Waals surface area contributed by atoms with Gasteiger partial charge in [-0.25, -0.2) is 4.98 Å². The van der Waals surface area contributed by atoms with E-state index in [0.717, 1.165) is 24.8 Å². The van der Waals surface area contributed by atoms with Crippen LogP contribution in [0.15, 0.2) is 18.3 Å². The molecular formula is C14H18N4. The van der Waals surface area contributed by atoms with Gasteiger partial charge in [0.2, 0.25) is 0 Å². The summed E-state index contributed by atoms with van der Waals surface area (Å²) in [5.74, 6) is 1.62. The summed E-state index contributed by atoms with van der Waals surface area (Å²) in [5, 5.41) is 9.19. The summed E-state index contributed by atoms with van der Waals surface area (Å²) in [6, 6.07) is 6.54. The Bertz CT molecular complexity index is 479. The minimum atomic E-state index is 0.572. The zero-order valence-electron chi connectivity index (χ0n) is 10.7. The number of nitriles is 1. The molecule has 2 atom stereocenters. The number of nitrogens with zero attached hydrogens (tertiary/aromatic N) is 4. The molecule has 0 unspecified atom stereocenters. The van der Waals surface area contributed by atoms with E-state index in [2.05, 4.69) is 27.9 Å². The Kier molecular flexibility index (Phi) is 2.92. The Balaban J connectivity index is 1.88. The van der Waals surface area contributed by atoms with E-state index in [1.165, 1.54) is 19.4 Å². The van der Waals surface area contributed by atoms with E-state index in [9.17, 15) is 5.26 Å². The zero-order chi connectivity index (χ0) is 12.5. The number of rotatable bonds is 1. The van der Waals surface area contributed by atoms with Gasteiger partial charge in [0.25, 0.3) is 0 Å². The zero-order valence-corrected chi connectivity index (χ0v) is 10.7. The van der Waals surface area contributed by atoms with Crippen LogP contribution in [0.2, 0.25) is 0 Å². The maximum Gasteiger partial charge on any atom is 0.146 e. The first-order valence-corrected chi connectivity index (χ1v) is 6.60. The molecule has 94 valence electrons. The van der Waals surface area contributed by atoms with Gasteiger partial charge in [-0.2, -0.15) is 5.26 Å². The molecule has 2 aliphatic rings. The normalized spacial score (nSPS) is 27.9. The van der Waals surface area contributed by atoms with Crippen LogP contribution < -0.4 is 4.90 Å². The van der Waals surface area contributed by atoms with Crippen molar-refractivity contribution < 1.29 is 0 Å². The molecule has 3 heterocycles. The van der Waals surface area contributed by atoms with Gasteiger partial charge in [-0.05, 0) is 44.5 Å². The van der Waals surface area contributed by atoms with Crippen molar-refractivity contribution in [2.24, 2.45) is 5.92 Å². The second-order valence-corrected chi connectivity index (χ2v) is 5.35. The fraction of sp³-hybridized carbons (Fsp3) is 0.571. The van der Waals surface area contributed by atoms with Gasteiger partial charge in [0.1, 0.15) is 11.9 Å². The SMILES string of the molecule is CN1CC[C@@H]2[C@@H](CCN2c2ncccc2C#N)C1. The summed E-state index contributed by atoms with van der Waals surface area (Å²) in [6.45, 7) is 3.36. The van der Waals surface area contributed by atoms with Gasteiger partial charge in [0.05, 0.1) is 5.56 Å². The number of pyridine rings is 1. The fourth-order valence-corrected chi connectivity index (χ4v) is 3.34. The second-order valence-electron chi connectivity index (χ2n) is 5.35. The van der Waals surface area contributed by atoms with Crippen LogP contribution in [0.1, 0.15) is 18.4 Å². The molecule has 3 rings (SSSR count). The lowest BCUT2D eigenvalue weighted by molar-refractivity contribution is 0.202. The van der Waals surface area contributed by atoms with Gasteiger partial charge in [0.15, 0.2) is 0 Å². The van der Waals surface area contributed by atoms with Crippen LogP contribution in [0.5, 0.6) is 0 Å². The smallest absolute Gasteiger partial charge is 0.146 e. The highest BCUT2D eigenvalue weighted by atomic mass is 15.3. The van der Waals surface area contributed by atoms with Gasteiger partial charge in [-0.1, -0.05) is 0 Å². The van der Waals surface area contributed by atoms with Crippen LogP contribution in [0.4, 0.5) is 5.82 Å². The van der Waals surface area contributed by atoms with Crippen molar-refractivity contribution >= 4 is 5.82 Å². The number of piperidine rings is 1. The van der Waals surface area contributed by atoms with Gasteiger partial charge >= 0.3 is 0 Å². The van der Waals surface area contributed by atoms with E-state index >= 15 is 0 Å². The lowest BCUT2D eigenvalue weighted by atomic mass is 9.93. The maximum atomic E-state index is 9.19. The summed E-state index contributed by atoms with van der Waals surface area (Å²) >= 11 is 0. The van der Waals surface area contributed by atoms with Crippen molar-refractivity contribution in [3.05, 3.63) is 23.9 Å². The van der Waals surface area contributed by atoms with Crippen molar-refractivity contribution in [1.29, 1.82) is 5.26 Å². The first-order valence-electron chi connectivity index (χ1n) is 6.60. The number of anilines is 1. The Labute approximate surface area is 108 Å². The standard InChI is InChI=1S/C14H18N4/c1-17-7-5-13-12(10-17)4-8-18(13)14-11(9-15)3-2-6-16-14/h2-3,6,12-13H,4-5,7-8,10H2,1H3/t12-,13+/m0/s1. The quantitative estimate of drug-likeness (QED) is 0.748. The third-order valence-corrected chi connectivity index (χ3v) is 4.22.